The first-order valence-electron chi connectivity index (χ1n) is 9.72. The number of nitrogens with zero attached hydrogens (tertiary/aromatic N) is 2. The lowest BCUT2D eigenvalue weighted by molar-refractivity contribution is -0.136. The standard InChI is InChI=1S/C23H28N2O2/c1-23-11-12-24(2)20(14-17-9-10-18(26)15-19(17)23)22(23)25(3)21(27)13-16-7-5-4-6-8-16/h4-10,15,20,22,26H,11-14H2,1-3H3. The predicted molar refractivity (Wildman–Crippen MR) is 107 cm³/mol. The van der Waals surface area contributed by atoms with Crippen LogP contribution in [0.15, 0.2) is 48.5 Å². The van der Waals surface area contributed by atoms with Crippen molar-refractivity contribution >= 4 is 5.91 Å². The molecule has 1 N–H and O–H groups in total. The Morgan fingerprint density at radius 2 is 2.00 bits per heavy atom. The second-order valence-electron chi connectivity index (χ2n) is 8.37. The molecule has 2 aromatic rings. The van der Waals surface area contributed by atoms with Crippen molar-refractivity contribution in [2.24, 2.45) is 0 Å². The number of carbonyl (C=O) groups excluding carboxylic acids is 1. The Morgan fingerprint density at radius 1 is 1.26 bits per heavy atom. The molecule has 4 heteroatoms. The Hall–Kier alpha value is -2.33. The van der Waals surface area contributed by atoms with E-state index in [1.807, 2.05) is 48.3 Å². The van der Waals surface area contributed by atoms with Crippen LogP contribution < -0.4 is 0 Å². The summed E-state index contributed by atoms with van der Waals surface area (Å²) in [7, 11) is 4.12. The summed E-state index contributed by atoms with van der Waals surface area (Å²) in [5, 5.41) is 10.1. The monoisotopic (exact) mass is 364 g/mol. The highest BCUT2D eigenvalue weighted by molar-refractivity contribution is 5.79. The molecule has 3 unspecified atom stereocenters. The average molecular weight is 364 g/mol. The highest BCUT2D eigenvalue weighted by atomic mass is 16.3. The number of likely N-dealkylation sites (N-methyl/N-ethyl adjacent to an activating group) is 2. The van der Waals surface area contributed by atoms with Crippen molar-refractivity contribution in [2.75, 3.05) is 20.6 Å². The van der Waals surface area contributed by atoms with E-state index >= 15 is 0 Å². The summed E-state index contributed by atoms with van der Waals surface area (Å²) in [5.41, 5.74) is 3.40. The van der Waals surface area contributed by atoms with Gasteiger partial charge in [0, 0.05) is 18.5 Å². The Balaban J connectivity index is 1.69. The molecule has 1 aliphatic heterocycles. The molecule has 2 aliphatic rings. The molecule has 1 aliphatic carbocycles. The van der Waals surface area contributed by atoms with Crippen molar-refractivity contribution in [3.63, 3.8) is 0 Å². The Labute approximate surface area is 161 Å². The molecule has 27 heavy (non-hydrogen) atoms. The van der Waals surface area contributed by atoms with Gasteiger partial charge in [0.05, 0.1) is 12.5 Å². The predicted octanol–water partition coefficient (Wildman–Crippen LogP) is 2.98. The Bertz CT molecular complexity index is 851. The number of aromatic hydroxyl groups is 1. The van der Waals surface area contributed by atoms with Crippen LogP contribution in [0.1, 0.15) is 30.0 Å². The fourth-order valence-corrected chi connectivity index (χ4v) is 5.18. The molecular formula is C23H28N2O2. The smallest absolute Gasteiger partial charge is 0.227 e. The van der Waals surface area contributed by atoms with Gasteiger partial charge in [-0.1, -0.05) is 43.3 Å². The van der Waals surface area contributed by atoms with Crippen molar-refractivity contribution < 1.29 is 9.90 Å². The van der Waals surface area contributed by atoms with E-state index in [9.17, 15) is 9.90 Å². The highest BCUT2D eigenvalue weighted by Gasteiger charge is 2.52. The molecule has 0 aromatic heterocycles. The van der Waals surface area contributed by atoms with Gasteiger partial charge in [-0.05, 0) is 55.3 Å². The van der Waals surface area contributed by atoms with Gasteiger partial charge in [0.25, 0.3) is 0 Å². The minimum Gasteiger partial charge on any atom is -0.508 e. The minimum absolute atomic E-state index is 0.0989. The van der Waals surface area contributed by atoms with Gasteiger partial charge < -0.3 is 14.9 Å². The molecular weight excluding hydrogens is 336 g/mol. The van der Waals surface area contributed by atoms with Crippen molar-refractivity contribution in [2.45, 2.75) is 43.7 Å². The number of amides is 1. The molecule has 0 radical (unpaired) electrons. The molecule has 2 aromatic carbocycles. The molecule has 0 saturated carbocycles. The van der Waals surface area contributed by atoms with Crippen molar-refractivity contribution in [1.82, 2.24) is 9.80 Å². The van der Waals surface area contributed by atoms with E-state index in [1.165, 1.54) is 11.1 Å². The number of hydrogen-bond donors (Lipinski definition) is 1. The van der Waals surface area contributed by atoms with Crippen LogP contribution in [0.5, 0.6) is 5.75 Å². The van der Waals surface area contributed by atoms with E-state index in [1.54, 1.807) is 6.07 Å². The van der Waals surface area contributed by atoms with E-state index < -0.39 is 0 Å². The number of hydrogen-bond acceptors (Lipinski definition) is 3. The first-order valence-corrected chi connectivity index (χ1v) is 9.72. The summed E-state index contributed by atoms with van der Waals surface area (Å²) >= 11 is 0. The third kappa shape index (κ3) is 3.02. The largest absolute Gasteiger partial charge is 0.508 e. The summed E-state index contributed by atoms with van der Waals surface area (Å²) in [6, 6.07) is 16.1. The second-order valence-corrected chi connectivity index (χ2v) is 8.37. The van der Waals surface area contributed by atoms with Crippen LogP contribution in [0.25, 0.3) is 0 Å². The van der Waals surface area contributed by atoms with Gasteiger partial charge >= 0.3 is 0 Å². The van der Waals surface area contributed by atoms with E-state index in [2.05, 4.69) is 24.9 Å². The molecule has 2 bridgehead atoms. The summed E-state index contributed by atoms with van der Waals surface area (Å²) in [5.74, 6) is 0.464. The van der Waals surface area contributed by atoms with Gasteiger partial charge in [-0.25, -0.2) is 0 Å². The van der Waals surface area contributed by atoms with Gasteiger partial charge in [0.1, 0.15) is 5.75 Å². The number of fused-ring (bicyclic) bond motifs is 4. The van der Waals surface area contributed by atoms with E-state index in [0.29, 0.717) is 18.2 Å². The van der Waals surface area contributed by atoms with Crippen LogP contribution in [-0.4, -0.2) is 53.5 Å². The van der Waals surface area contributed by atoms with Crippen molar-refractivity contribution in [1.29, 1.82) is 0 Å². The van der Waals surface area contributed by atoms with Gasteiger partial charge in [0.15, 0.2) is 0 Å². The first-order chi connectivity index (χ1) is 12.9. The van der Waals surface area contributed by atoms with Gasteiger partial charge in [0.2, 0.25) is 5.91 Å². The number of carbonyl (C=O) groups is 1. The van der Waals surface area contributed by atoms with E-state index in [-0.39, 0.29) is 17.4 Å². The number of piperidine rings is 1. The molecule has 4 rings (SSSR count). The third-order valence-corrected chi connectivity index (χ3v) is 6.71. The van der Waals surface area contributed by atoms with E-state index in [4.69, 9.17) is 0 Å². The van der Waals surface area contributed by atoms with Crippen LogP contribution in [-0.2, 0) is 23.1 Å². The topological polar surface area (TPSA) is 43.8 Å². The molecule has 4 nitrogen and oxygen atoms in total. The van der Waals surface area contributed by atoms with Crippen LogP contribution in [0.4, 0.5) is 0 Å². The first kappa shape index (κ1) is 18.1. The molecule has 1 amide bonds. The number of benzene rings is 2. The van der Waals surface area contributed by atoms with Gasteiger partial charge in [-0.3, -0.25) is 4.79 Å². The maximum absolute atomic E-state index is 13.1. The number of likely N-dealkylation sites (tertiary alicyclic amines) is 1. The lowest BCUT2D eigenvalue weighted by atomic mass is 9.61. The van der Waals surface area contributed by atoms with Gasteiger partial charge in [-0.15, -0.1) is 0 Å². The number of phenols is 1. The maximum atomic E-state index is 13.1. The van der Waals surface area contributed by atoms with Crippen LogP contribution in [0.2, 0.25) is 0 Å². The molecule has 1 fully saturated rings. The second kappa shape index (κ2) is 6.68. The summed E-state index contributed by atoms with van der Waals surface area (Å²) in [4.78, 5) is 17.5. The summed E-state index contributed by atoms with van der Waals surface area (Å²) in [6.07, 6.45) is 2.31. The normalized spacial score (nSPS) is 27.1. The fraction of sp³-hybridized carbons (Fsp3) is 0.435. The van der Waals surface area contributed by atoms with Crippen molar-refractivity contribution in [3.8, 4) is 5.75 Å². The quantitative estimate of drug-likeness (QED) is 0.911. The lowest BCUT2D eigenvalue weighted by Crippen LogP contribution is -2.67. The fourth-order valence-electron chi connectivity index (χ4n) is 5.18. The maximum Gasteiger partial charge on any atom is 0.227 e. The van der Waals surface area contributed by atoms with Crippen LogP contribution >= 0.6 is 0 Å². The molecule has 1 heterocycles. The molecule has 3 atom stereocenters. The highest BCUT2D eigenvalue weighted by Crippen LogP contribution is 2.47. The Morgan fingerprint density at radius 3 is 2.74 bits per heavy atom. The molecule has 0 spiro atoms. The zero-order chi connectivity index (χ0) is 19.2. The summed E-state index contributed by atoms with van der Waals surface area (Å²) in [6.45, 7) is 3.27. The SMILES string of the molecule is CN1CCC2(C)c3cc(O)ccc3CC1C2N(C)C(=O)Cc1ccccc1. The minimum atomic E-state index is -0.148. The van der Waals surface area contributed by atoms with Gasteiger partial charge in [-0.2, -0.15) is 0 Å². The summed E-state index contributed by atoms with van der Waals surface area (Å²) < 4.78 is 0. The van der Waals surface area contributed by atoms with Crippen LogP contribution in [0.3, 0.4) is 0 Å². The lowest BCUT2D eigenvalue weighted by Gasteiger charge is -2.57. The average Bonchev–Trinajstić information content (AvgIpc) is 2.66. The Kier molecular flexibility index (Phi) is 4.47. The third-order valence-electron chi connectivity index (χ3n) is 6.71. The number of rotatable bonds is 3. The number of phenolic OH excluding ortho intramolecular Hbond substituents is 1. The van der Waals surface area contributed by atoms with Crippen molar-refractivity contribution in [3.05, 3.63) is 65.2 Å². The zero-order valence-electron chi connectivity index (χ0n) is 16.4. The molecule has 1 saturated heterocycles. The van der Waals surface area contributed by atoms with Crippen LogP contribution in [0, 0.1) is 0 Å². The zero-order valence-corrected chi connectivity index (χ0v) is 16.4. The van der Waals surface area contributed by atoms with E-state index in [0.717, 1.165) is 24.9 Å². The molecule has 142 valence electrons.